The Hall–Kier alpha value is -0.640. The Morgan fingerprint density at radius 3 is 2.25 bits per heavy atom. The van der Waals surface area contributed by atoms with Crippen molar-refractivity contribution in [3.05, 3.63) is 68.1 Å². The van der Waals surface area contributed by atoms with Gasteiger partial charge in [-0.1, -0.05) is 70.0 Å². The zero-order valence-corrected chi connectivity index (χ0v) is 14.9. The van der Waals surface area contributed by atoms with E-state index in [0.717, 1.165) is 26.5 Å². The fourth-order valence-corrected chi connectivity index (χ4v) is 3.14. The molecule has 0 spiro atoms. The van der Waals surface area contributed by atoms with Gasteiger partial charge in [0.15, 0.2) is 0 Å². The van der Waals surface area contributed by atoms with Crippen LogP contribution in [0.25, 0.3) is 0 Å². The highest BCUT2D eigenvalue weighted by molar-refractivity contribution is 9.11. The van der Waals surface area contributed by atoms with E-state index in [-0.39, 0.29) is 6.04 Å². The van der Waals surface area contributed by atoms with Gasteiger partial charge in [-0.25, -0.2) is 0 Å². The van der Waals surface area contributed by atoms with E-state index in [1.807, 2.05) is 12.1 Å². The molecule has 0 aliphatic carbocycles. The molecule has 1 nitrogen and oxygen atoms in total. The van der Waals surface area contributed by atoms with Crippen LogP contribution in [0.2, 0.25) is 0 Å². The number of benzene rings is 2. The smallest absolute Gasteiger partial charge is 0.0563 e. The summed E-state index contributed by atoms with van der Waals surface area (Å²) in [5.74, 6) is 0.675. The minimum atomic E-state index is -0.116. The van der Waals surface area contributed by atoms with Crippen molar-refractivity contribution in [2.45, 2.75) is 26.3 Å². The topological polar surface area (TPSA) is 26.0 Å². The second-order valence-electron chi connectivity index (χ2n) is 5.48. The zero-order chi connectivity index (χ0) is 14.7. The molecule has 2 N–H and O–H groups in total. The third kappa shape index (κ3) is 3.94. The Morgan fingerprint density at radius 2 is 1.65 bits per heavy atom. The van der Waals surface area contributed by atoms with Gasteiger partial charge in [0.05, 0.1) is 6.04 Å². The van der Waals surface area contributed by atoms with E-state index in [2.05, 4.69) is 76.0 Å². The van der Waals surface area contributed by atoms with E-state index in [1.165, 1.54) is 5.56 Å². The summed E-state index contributed by atoms with van der Waals surface area (Å²) < 4.78 is 2.09. The highest BCUT2D eigenvalue weighted by Gasteiger charge is 2.12. The molecule has 0 radical (unpaired) electrons. The molecule has 0 aliphatic rings. The minimum absolute atomic E-state index is 0.116. The molecule has 20 heavy (non-hydrogen) atoms. The van der Waals surface area contributed by atoms with Crippen molar-refractivity contribution in [2.24, 2.45) is 11.7 Å². The Morgan fingerprint density at radius 1 is 1.00 bits per heavy atom. The molecule has 1 atom stereocenters. The second kappa shape index (κ2) is 6.88. The van der Waals surface area contributed by atoms with Gasteiger partial charge in [0.1, 0.15) is 0 Å². The van der Waals surface area contributed by atoms with Gasteiger partial charge in [0.25, 0.3) is 0 Å². The first kappa shape index (κ1) is 15.7. The third-order valence-electron chi connectivity index (χ3n) is 3.28. The molecule has 1 unspecified atom stereocenters. The molecule has 0 fully saturated rings. The number of hydrogen-bond donors (Lipinski definition) is 1. The SMILES string of the molecule is CC(C)Cc1ccc(C(N)c2cc(Br)ccc2Br)cc1. The number of hydrogen-bond acceptors (Lipinski definition) is 1. The van der Waals surface area contributed by atoms with Gasteiger partial charge in [0, 0.05) is 8.95 Å². The molecule has 3 heteroatoms. The summed E-state index contributed by atoms with van der Waals surface area (Å²) in [7, 11) is 0. The number of halogens is 2. The van der Waals surface area contributed by atoms with Crippen molar-refractivity contribution >= 4 is 31.9 Å². The molecule has 0 amide bonds. The van der Waals surface area contributed by atoms with Crippen LogP contribution >= 0.6 is 31.9 Å². The fourth-order valence-electron chi connectivity index (χ4n) is 2.26. The summed E-state index contributed by atoms with van der Waals surface area (Å²) in [6.45, 7) is 4.47. The van der Waals surface area contributed by atoms with Crippen molar-refractivity contribution in [3.8, 4) is 0 Å². The Labute approximate surface area is 137 Å². The van der Waals surface area contributed by atoms with Crippen LogP contribution in [0.4, 0.5) is 0 Å². The summed E-state index contributed by atoms with van der Waals surface area (Å²) in [6, 6.07) is 14.6. The van der Waals surface area contributed by atoms with Crippen LogP contribution in [0, 0.1) is 5.92 Å². The van der Waals surface area contributed by atoms with E-state index in [9.17, 15) is 0 Å². The molecule has 0 saturated carbocycles. The number of rotatable bonds is 4. The molecule has 106 valence electrons. The molecule has 0 aromatic heterocycles. The average molecular weight is 397 g/mol. The van der Waals surface area contributed by atoms with Crippen molar-refractivity contribution in [2.75, 3.05) is 0 Å². The molecule has 0 aliphatic heterocycles. The van der Waals surface area contributed by atoms with Crippen LogP contribution < -0.4 is 5.73 Å². The van der Waals surface area contributed by atoms with Crippen molar-refractivity contribution in [3.63, 3.8) is 0 Å². The lowest BCUT2D eigenvalue weighted by molar-refractivity contribution is 0.647. The zero-order valence-electron chi connectivity index (χ0n) is 11.7. The van der Waals surface area contributed by atoms with E-state index >= 15 is 0 Å². The summed E-state index contributed by atoms with van der Waals surface area (Å²) in [5.41, 5.74) is 9.98. The van der Waals surface area contributed by atoms with Crippen LogP contribution in [0.1, 0.15) is 36.6 Å². The molecule has 0 saturated heterocycles. The highest BCUT2D eigenvalue weighted by atomic mass is 79.9. The molecule has 0 heterocycles. The lowest BCUT2D eigenvalue weighted by Gasteiger charge is -2.16. The number of nitrogens with two attached hydrogens (primary N) is 1. The first-order valence-electron chi connectivity index (χ1n) is 6.76. The van der Waals surface area contributed by atoms with Crippen LogP contribution in [0.3, 0.4) is 0 Å². The predicted molar refractivity (Wildman–Crippen MR) is 92.9 cm³/mol. The monoisotopic (exact) mass is 395 g/mol. The quantitative estimate of drug-likeness (QED) is 0.729. The largest absolute Gasteiger partial charge is 0.320 e. The van der Waals surface area contributed by atoms with Gasteiger partial charge < -0.3 is 5.73 Å². The summed E-state index contributed by atoms with van der Waals surface area (Å²) in [6.07, 6.45) is 1.11. The van der Waals surface area contributed by atoms with Crippen molar-refractivity contribution in [1.82, 2.24) is 0 Å². The van der Waals surface area contributed by atoms with E-state index in [4.69, 9.17) is 5.73 Å². The molecule has 0 bridgehead atoms. The van der Waals surface area contributed by atoms with Gasteiger partial charge in [-0.15, -0.1) is 0 Å². The molecule has 2 rings (SSSR count). The minimum Gasteiger partial charge on any atom is -0.320 e. The van der Waals surface area contributed by atoms with Gasteiger partial charge >= 0.3 is 0 Å². The van der Waals surface area contributed by atoms with Gasteiger partial charge in [-0.05, 0) is 47.2 Å². The maximum absolute atomic E-state index is 6.39. The van der Waals surface area contributed by atoms with Crippen LogP contribution in [0.5, 0.6) is 0 Å². The Balaban J connectivity index is 2.24. The fraction of sp³-hybridized carbons (Fsp3) is 0.294. The van der Waals surface area contributed by atoms with Gasteiger partial charge in [-0.3, -0.25) is 0 Å². The van der Waals surface area contributed by atoms with E-state index < -0.39 is 0 Å². The summed E-state index contributed by atoms with van der Waals surface area (Å²) >= 11 is 7.07. The van der Waals surface area contributed by atoms with Crippen LogP contribution in [-0.2, 0) is 6.42 Å². The summed E-state index contributed by atoms with van der Waals surface area (Å²) in [5, 5.41) is 0. The van der Waals surface area contributed by atoms with Gasteiger partial charge in [-0.2, -0.15) is 0 Å². The predicted octanol–water partition coefficient (Wildman–Crippen LogP) is 5.46. The average Bonchev–Trinajstić information content (AvgIpc) is 2.41. The molecule has 2 aromatic carbocycles. The summed E-state index contributed by atoms with van der Waals surface area (Å²) in [4.78, 5) is 0. The molecular weight excluding hydrogens is 378 g/mol. The van der Waals surface area contributed by atoms with E-state index in [0.29, 0.717) is 5.92 Å². The normalized spacial score (nSPS) is 12.7. The first-order valence-corrected chi connectivity index (χ1v) is 8.35. The Bertz CT molecular complexity index is 576. The molecule has 2 aromatic rings. The lowest BCUT2D eigenvalue weighted by Crippen LogP contribution is -2.12. The third-order valence-corrected chi connectivity index (χ3v) is 4.49. The molecular formula is C17H19Br2N. The van der Waals surface area contributed by atoms with Crippen molar-refractivity contribution in [1.29, 1.82) is 0 Å². The lowest BCUT2D eigenvalue weighted by atomic mass is 9.96. The maximum atomic E-state index is 6.39. The van der Waals surface area contributed by atoms with Crippen molar-refractivity contribution < 1.29 is 0 Å². The maximum Gasteiger partial charge on any atom is 0.0563 e. The van der Waals surface area contributed by atoms with Crippen LogP contribution in [0.15, 0.2) is 51.4 Å². The van der Waals surface area contributed by atoms with Gasteiger partial charge in [0.2, 0.25) is 0 Å². The Kier molecular flexibility index (Phi) is 5.42. The first-order chi connectivity index (χ1) is 9.47. The van der Waals surface area contributed by atoms with Crippen LogP contribution in [-0.4, -0.2) is 0 Å². The standard InChI is InChI=1S/C17H19Br2N/c1-11(2)9-12-3-5-13(6-4-12)17(20)15-10-14(18)7-8-16(15)19/h3-8,10-11,17H,9,20H2,1-2H3. The second-order valence-corrected chi connectivity index (χ2v) is 7.25. The van der Waals surface area contributed by atoms with E-state index in [1.54, 1.807) is 0 Å². The highest BCUT2D eigenvalue weighted by Crippen LogP contribution is 2.29.